The maximum Gasteiger partial charge on any atom is 0.261 e. The van der Waals surface area contributed by atoms with Crippen molar-refractivity contribution in [3.8, 4) is 11.1 Å². The summed E-state index contributed by atoms with van der Waals surface area (Å²) in [4.78, 5) is 29.8. The number of fused-ring (bicyclic) bond motifs is 3. The van der Waals surface area contributed by atoms with Crippen LogP contribution in [0.3, 0.4) is 0 Å². The van der Waals surface area contributed by atoms with E-state index in [4.69, 9.17) is 0 Å². The van der Waals surface area contributed by atoms with E-state index in [9.17, 15) is 14.0 Å². The number of thiophene rings is 1. The molecule has 0 saturated carbocycles. The third-order valence-electron chi connectivity index (χ3n) is 8.07. The van der Waals surface area contributed by atoms with E-state index in [0.29, 0.717) is 6.42 Å². The van der Waals surface area contributed by atoms with Crippen molar-refractivity contribution in [2.45, 2.75) is 91.3 Å². The number of benzene rings is 2. The van der Waals surface area contributed by atoms with Gasteiger partial charge in [-0.3, -0.25) is 9.59 Å². The van der Waals surface area contributed by atoms with E-state index in [-0.39, 0.29) is 24.4 Å². The number of aryl methyl sites for hydroxylation is 1. The fourth-order valence-corrected chi connectivity index (χ4v) is 6.96. The van der Waals surface area contributed by atoms with Crippen LogP contribution in [0.4, 0.5) is 4.39 Å². The summed E-state index contributed by atoms with van der Waals surface area (Å²) in [6.45, 7) is 15.6. The molecule has 3 aromatic rings. The Bertz CT molecular complexity index is 1300. The van der Waals surface area contributed by atoms with Crippen LogP contribution in [-0.4, -0.2) is 54.6 Å². The molecule has 2 aliphatic rings. The minimum Gasteiger partial charge on any atom is -0.352 e. The Morgan fingerprint density at radius 2 is 1.58 bits per heavy atom. The smallest absolute Gasteiger partial charge is 0.261 e. The lowest BCUT2D eigenvalue weighted by Crippen LogP contribution is -2.47. The van der Waals surface area contributed by atoms with Gasteiger partial charge < -0.3 is 15.5 Å². The number of rotatable bonds is 10. The first-order valence-corrected chi connectivity index (χ1v) is 16.8. The molecule has 2 amide bonds. The Labute approximate surface area is 262 Å². The molecule has 5 rings (SSSR count). The molecule has 0 spiro atoms. The van der Waals surface area contributed by atoms with Gasteiger partial charge in [-0.2, -0.15) is 0 Å². The van der Waals surface area contributed by atoms with Crippen molar-refractivity contribution in [3.05, 3.63) is 81.5 Å². The van der Waals surface area contributed by atoms with Crippen LogP contribution in [0, 0.1) is 6.92 Å². The lowest BCUT2D eigenvalue weighted by Gasteiger charge is -2.32. The van der Waals surface area contributed by atoms with Crippen molar-refractivity contribution < 1.29 is 14.0 Å². The van der Waals surface area contributed by atoms with Crippen LogP contribution < -0.4 is 10.6 Å². The van der Waals surface area contributed by atoms with E-state index in [2.05, 4.69) is 39.8 Å². The topological polar surface area (TPSA) is 61.4 Å². The summed E-state index contributed by atoms with van der Waals surface area (Å²) in [5.41, 5.74) is 2.89. The quantitative estimate of drug-likeness (QED) is 0.230. The van der Waals surface area contributed by atoms with Gasteiger partial charge in [0.2, 0.25) is 5.91 Å². The first kappa shape index (κ1) is 34.5. The minimum absolute atomic E-state index is 0.0240. The fraction of sp³-hybridized carbons (Fsp3) is 0.500. The normalized spacial score (nSPS) is 16.6. The van der Waals surface area contributed by atoms with Gasteiger partial charge >= 0.3 is 0 Å². The van der Waals surface area contributed by atoms with Gasteiger partial charge in [0.1, 0.15) is 11.1 Å². The molecule has 0 radical (unpaired) electrons. The Morgan fingerprint density at radius 3 is 2.14 bits per heavy atom. The monoisotopic (exact) mass is 607 g/mol. The minimum atomic E-state index is -1.49. The van der Waals surface area contributed by atoms with Crippen molar-refractivity contribution in [3.63, 3.8) is 0 Å². The third-order valence-corrected chi connectivity index (χ3v) is 9.09. The summed E-state index contributed by atoms with van der Waals surface area (Å²) < 4.78 is 14.4. The number of nitrogens with one attached hydrogen (secondary N) is 2. The van der Waals surface area contributed by atoms with Crippen molar-refractivity contribution in [2.75, 3.05) is 26.2 Å². The first-order valence-electron chi connectivity index (χ1n) is 15.9. The second-order valence-electron chi connectivity index (χ2n) is 11.5. The summed E-state index contributed by atoms with van der Waals surface area (Å²) in [7, 11) is 0. The summed E-state index contributed by atoms with van der Waals surface area (Å²) in [6, 6.07) is 18.4. The lowest BCUT2D eigenvalue weighted by molar-refractivity contribution is -0.126. The van der Waals surface area contributed by atoms with E-state index in [1.165, 1.54) is 25.2 Å². The van der Waals surface area contributed by atoms with Gasteiger partial charge in [-0.25, -0.2) is 4.39 Å². The van der Waals surface area contributed by atoms with Crippen molar-refractivity contribution in [1.82, 2.24) is 15.5 Å². The van der Waals surface area contributed by atoms with Crippen LogP contribution in [-0.2, 0) is 10.2 Å². The highest BCUT2D eigenvalue weighted by Gasteiger charge is 2.48. The second kappa shape index (κ2) is 15.6. The van der Waals surface area contributed by atoms with Crippen LogP contribution in [0.2, 0.25) is 0 Å². The van der Waals surface area contributed by atoms with Crippen molar-refractivity contribution in [1.29, 1.82) is 0 Å². The van der Waals surface area contributed by atoms with E-state index in [0.717, 1.165) is 71.6 Å². The number of nitrogens with zero attached hydrogens (tertiary/aromatic N) is 1. The molecule has 2 aromatic carbocycles. The molecule has 1 aliphatic heterocycles. The average Bonchev–Trinajstić information content (AvgIpc) is 3.73. The zero-order valence-electron chi connectivity index (χ0n) is 27.1. The molecule has 1 aromatic heterocycles. The SMILES string of the molecule is CC.CC.Cc1ccsc1C(=O)NC1CCN(CCCCC2(C(=O)NCC(C)(C)F)c3ccccc3-c3ccccc32)C1. The molecule has 1 saturated heterocycles. The van der Waals surface area contributed by atoms with Gasteiger partial charge in [0, 0.05) is 19.1 Å². The molecule has 0 bridgehead atoms. The molecule has 5 nitrogen and oxygen atoms in total. The number of alkyl halides is 1. The molecule has 234 valence electrons. The maximum atomic E-state index is 14.4. The average molecular weight is 608 g/mol. The largest absolute Gasteiger partial charge is 0.352 e. The standard InChI is InChI=1S/C32H38FN3O2S.2C2H6/c1-22-15-19-39-28(22)29(37)35-23-14-18-36(20-23)17-9-8-16-32(30(38)34-21-31(2,3)33)26-12-6-4-10-24(26)25-11-5-7-13-27(25)32;2*1-2/h4-7,10-13,15,19,23H,8-9,14,16-18,20-21H2,1-3H3,(H,34,38)(H,35,37);2*1-2H3. The van der Waals surface area contributed by atoms with Gasteiger partial charge in [0.25, 0.3) is 5.91 Å². The molecule has 1 fully saturated rings. The number of likely N-dealkylation sites (tertiary alicyclic amines) is 1. The van der Waals surface area contributed by atoms with E-state index >= 15 is 0 Å². The van der Waals surface area contributed by atoms with Crippen molar-refractivity contribution >= 4 is 23.2 Å². The Balaban J connectivity index is 0.00000121. The lowest BCUT2D eigenvalue weighted by atomic mass is 9.73. The van der Waals surface area contributed by atoms with Gasteiger partial charge in [-0.15, -0.1) is 11.3 Å². The number of halogens is 1. The molecule has 2 N–H and O–H groups in total. The molecule has 1 atom stereocenters. The van der Waals surface area contributed by atoms with Crippen LogP contribution in [0.15, 0.2) is 60.0 Å². The number of hydrogen-bond acceptors (Lipinski definition) is 4. The number of carbonyl (C=O) groups is 2. The predicted octanol–water partition coefficient (Wildman–Crippen LogP) is 7.91. The van der Waals surface area contributed by atoms with E-state index in [1.54, 1.807) is 0 Å². The van der Waals surface area contributed by atoms with Gasteiger partial charge in [-0.1, -0.05) is 82.6 Å². The molecular formula is C36H50FN3O2S. The Hall–Kier alpha value is -3.03. The Kier molecular flexibility index (Phi) is 12.5. The number of unbranched alkanes of at least 4 members (excludes halogenated alkanes) is 1. The molecular weight excluding hydrogens is 557 g/mol. The molecule has 2 heterocycles. The third kappa shape index (κ3) is 7.93. The van der Waals surface area contributed by atoms with Gasteiger partial charge in [0.15, 0.2) is 0 Å². The zero-order chi connectivity index (χ0) is 31.6. The number of amides is 2. The summed E-state index contributed by atoms with van der Waals surface area (Å²) >= 11 is 1.49. The van der Waals surface area contributed by atoms with Gasteiger partial charge in [-0.05, 0) is 85.8 Å². The van der Waals surface area contributed by atoms with Crippen LogP contribution >= 0.6 is 11.3 Å². The van der Waals surface area contributed by atoms with E-state index in [1.807, 2.05) is 70.3 Å². The molecule has 43 heavy (non-hydrogen) atoms. The number of hydrogen-bond donors (Lipinski definition) is 2. The summed E-state index contributed by atoms with van der Waals surface area (Å²) in [5, 5.41) is 8.10. The highest BCUT2D eigenvalue weighted by Crippen LogP contribution is 2.51. The predicted molar refractivity (Wildman–Crippen MR) is 179 cm³/mol. The fourth-order valence-electron chi connectivity index (χ4n) is 6.13. The summed E-state index contributed by atoms with van der Waals surface area (Å²) in [6.07, 6.45) is 3.41. The molecule has 1 unspecified atom stereocenters. The number of carbonyl (C=O) groups excluding carboxylic acids is 2. The van der Waals surface area contributed by atoms with Crippen LogP contribution in [0.1, 0.15) is 93.6 Å². The first-order chi connectivity index (χ1) is 20.7. The van der Waals surface area contributed by atoms with Crippen molar-refractivity contribution in [2.24, 2.45) is 0 Å². The maximum absolute atomic E-state index is 14.4. The summed E-state index contributed by atoms with van der Waals surface area (Å²) in [5.74, 6) is -0.101. The highest BCUT2D eigenvalue weighted by atomic mass is 32.1. The molecule has 1 aliphatic carbocycles. The highest BCUT2D eigenvalue weighted by molar-refractivity contribution is 7.12. The van der Waals surface area contributed by atoms with Gasteiger partial charge in [0.05, 0.1) is 11.4 Å². The van der Waals surface area contributed by atoms with Crippen LogP contribution in [0.25, 0.3) is 11.1 Å². The van der Waals surface area contributed by atoms with E-state index < -0.39 is 11.1 Å². The second-order valence-corrected chi connectivity index (χ2v) is 12.5. The molecule has 7 heteroatoms. The Morgan fingerprint density at radius 1 is 0.977 bits per heavy atom. The zero-order valence-corrected chi connectivity index (χ0v) is 27.9. The van der Waals surface area contributed by atoms with Crippen LogP contribution in [0.5, 0.6) is 0 Å².